The van der Waals surface area contributed by atoms with Gasteiger partial charge in [-0.3, -0.25) is 4.79 Å². The zero-order valence-corrected chi connectivity index (χ0v) is 18.5. The van der Waals surface area contributed by atoms with Crippen molar-refractivity contribution in [2.75, 3.05) is 19.6 Å². The van der Waals surface area contributed by atoms with Crippen LogP contribution >= 0.6 is 11.8 Å². The van der Waals surface area contributed by atoms with E-state index in [-0.39, 0.29) is 39.9 Å². The molecular weight excluding hydrogens is 449 g/mol. The molecule has 0 aromatic heterocycles. The van der Waals surface area contributed by atoms with Gasteiger partial charge in [-0.2, -0.15) is 13.2 Å². The molecule has 2 aromatic carbocycles. The summed E-state index contributed by atoms with van der Waals surface area (Å²) in [5, 5.41) is 0. The minimum atomic E-state index is -4.38. The standard InChI is InChI=1S/C21H23F3N2O3S2/c1-15-4-10-19(11-5-15)31(28,29)25-13-16-3-2-12-26(14-16)20(27)17-6-8-18(9-7-17)30-21(22,23)24/h4-11,16,25H,2-3,12-14H2,1H3. The molecule has 5 nitrogen and oxygen atoms in total. The van der Waals surface area contributed by atoms with Gasteiger partial charge in [0, 0.05) is 30.1 Å². The average molecular weight is 473 g/mol. The molecule has 1 fully saturated rings. The minimum absolute atomic E-state index is 0.0195. The predicted molar refractivity (Wildman–Crippen MR) is 113 cm³/mol. The molecule has 0 saturated carbocycles. The van der Waals surface area contributed by atoms with Gasteiger partial charge in [-0.1, -0.05) is 17.7 Å². The van der Waals surface area contributed by atoms with Crippen LogP contribution in [0.15, 0.2) is 58.3 Å². The van der Waals surface area contributed by atoms with E-state index in [1.165, 1.54) is 24.3 Å². The van der Waals surface area contributed by atoms with Crippen molar-refractivity contribution in [1.82, 2.24) is 9.62 Å². The molecule has 0 bridgehead atoms. The Kier molecular flexibility index (Phi) is 7.33. The highest BCUT2D eigenvalue weighted by atomic mass is 32.2. The fourth-order valence-electron chi connectivity index (χ4n) is 3.43. The quantitative estimate of drug-likeness (QED) is 0.632. The van der Waals surface area contributed by atoms with Gasteiger partial charge in [-0.15, -0.1) is 0 Å². The summed E-state index contributed by atoms with van der Waals surface area (Å²) in [5.41, 5.74) is -3.10. The van der Waals surface area contributed by atoms with Crippen LogP contribution in [-0.2, 0) is 10.0 Å². The number of thioether (sulfide) groups is 1. The number of aryl methyl sites for hydroxylation is 1. The lowest BCUT2D eigenvalue weighted by atomic mass is 9.97. The van der Waals surface area contributed by atoms with Crippen molar-refractivity contribution < 1.29 is 26.4 Å². The number of piperidine rings is 1. The minimum Gasteiger partial charge on any atom is -0.338 e. The van der Waals surface area contributed by atoms with Gasteiger partial charge in [0.15, 0.2) is 0 Å². The first kappa shape index (κ1) is 23.6. The molecule has 1 heterocycles. The van der Waals surface area contributed by atoms with E-state index in [1.54, 1.807) is 29.2 Å². The van der Waals surface area contributed by atoms with E-state index in [2.05, 4.69) is 4.72 Å². The lowest BCUT2D eigenvalue weighted by Gasteiger charge is -2.33. The van der Waals surface area contributed by atoms with Gasteiger partial charge in [0.1, 0.15) is 0 Å². The third-order valence-corrected chi connectivity index (χ3v) is 7.21. The normalized spacial score (nSPS) is 17.5. The Labute approximate surface area is 184 Å². The maximum atomic E-state index is 12.8. The number of likely N-dealkylation sites (tertiary alicyclic amines) is 1. The van der Waals surface area contributed by atoms with Gasteiger partial charge in [-0.05, 0) is 73.8 Å². The number of hydrogen-bond acceptors (Lipinski definition) is 4. The van der Waals surface area contributed by atoms with Crippen LogP contribution in [-0.4, -0.2) is 44.4 Å². The SMILES string of the molecule is Cc1ccc(S(=O)(=O)NCC2CCCN(C(=O)c3ccc(SC(F)(F)F)cc3)C2)cc1. The van der Waals surface area contributed by atoms with Crippen LogP contribution in [0, 0.1) is 12.8 Å². The molecule has 10 heteroatoms. The third-order valence-electron chi connectivity index (χ3n) is 5.03. The monoisotopic (exact) mass is 472 g/mol. The summed E-state index contributed by atoms with van der Waals surface area (Å²) in [5.74, 6) is -0.312. The van der Waals surface area contributed by atoms with E-state index in [9.17, 15) is 26.4 Å². The van der Waals surface area contributed by atoms with Gasteiger partial charge in [0.25, 0.3) is 5.91 Å². The highest BCUT2D eigenvalue weighted by molar-refractivity contribution is 8.00. The van der Waals surface area contributed by atoms with Crippen molar-refractivity contribution in [3.8, 4) is 0 Å². The molecule has 1 aliphatic heterocycles. The van der Waals surface area contributed by atoms with Gasteiger partial charge in [-0.25, -0.2) is 13.1 Å². The average Bonchev–Trinajstić information content (AvgIpc) is 2.72. The molecule has 1 aliphatic rings. The number of nitrogens with zero attached hydrogens (tertiary/aromatic N) is 1. The Morgan fingerprint density at radius 2 is 1.77 bits per heavy atom. The zero-order chi connectivity index (χ0) is 22.6. The van der Waals surface area contributed by atoms with Crippen LogP contribution in [0.3, 0.4) is 0 Å². The highest BCUT2D eigenvalue weighted by Crippen LogP contribution is 2.36. The highest BCUT2D eigenvalue weighted by Gasteiger charge is 2.30. The molecule has 1 unspecified atom stereocenters. The van der Waals surface area contributed by atoms with Crippen molar-refractivity contribution in [2.45, 2.75) is 35.1 Å². The Hall–Kier alpha value is -2.04. The topological polar surface area (TPSA) is 66.5 Å². The first-order valence-corrected chi connectivity index (χ1v) is 12.0. The molecule has 1 atom stereocenters. The summed E-state index contributed by atoms with van der Waals surface area (Å²) < 4.78 is 64.9. The van der Waals surface area contributed by atoms with Gasteiger partial charge in [0.2, 0.25) is 10.0 Å². The van der Waals surface area contributed by atoms with Crippen LogP contribution in [0.25, 0.3) is 0 Å². The molecule has 1 saturated heterocycles. The van der Waals surface area contributed by atoms with Crippen molar-refractivity contribution in [3.63, 3.8) is 0 Å². The van der Waals surface area contributed by atoms with E-state index in [0.29, 0.717) is 18.7 Å². The van der Waals surface area contributed by atoms with Crippen LogP contribution < -0.4 is 4.72 Å². The molecule has 1 N–H and O–H groups in total. The van der Waals surface area contributed by atoms with E-state index in [4.69, 9.17) is 0 Å². The smallest absolute Gasteiger partial charge is 0.338 e. The molecule has 3 rings (SSSR count). The summed E-state index contributed by atoms with van der Waals surface area (Å²) in [4.78, 5) is 14.6. The Morgan fingerprint density at radius 3 is 2.39 bits per heavy atom. The van der Waals surface area contributed by atoms with Crippen LogP contribution in [0.4, 0.5) is 13.2 Å². The summed E-state index contributed by atoms with van der Waals surface area (Å²) >= 11 is -0.225. The number of amides is 1. The summed E-state index contributed by atoms with van der Waals surface area (Å²) in [7, 11) is -3.63. The van der Waals surface area contributed by atoms with Gasteiger partial charge < -0.3 is 4.90 Å². The first-order chi connectivity index (χ1) is 14.5. The largest absolute Gasteiger partial charge is 0.446 e. The number of benzene rings is 2. The molecule has 0 aliphatic carbocycles. The lowest BCUT2D eigenvalue weighted by Crippen LogP contribution is -2.43. The van der Waals surface area contributed by atoms with Gasteiger partial charge >= 0.3 is 5.51 Å². The summed E-state index contributed by atoms with van der Waals surface area (Å²) in [6.07, 6.45) is 1.51. The molecule has 0 spiro atoms. The second-order valence-electron chi connectivity index (χ2n) is 7.50. The van der Waals surface area contributed by atoms with Crippen molar-refractivity contribution >= 4 is 27.7 Å². The van der Waals surface area contributed by atoms with E-state index < -0.39 is 15.5 Å². The lowest BCUT2D eigenvalue weighted by molar-refractivity contribution is -0.0328. The number of carbonyl (C=O) groups excluding carboxylic acids is 1. The number of sulfonamides is 1. The molecule has 1 amide bonds. The maximum absolute atomic E-state index is 12.8. The molecule has 0 radical (unpaired) electrons. The van der Waals surface area contributed by atoms with E-state index >= 15 is 0 Å². The molecule has 31 heavy (non-hydrogen) atoms. The predicted octanol–water partition coefficient (Wildman–Crippen LogP) is 4.44. The van der Waals surface area contributed by atoms with Crippen LogP contribution in [0.5, 0.6) is 0 Å². The maximum Gasteiger partial charge on any atom is 0.446 e. The number of halogens is 3. The van der Waals surface area contributed by atoms with E-state index in [1.807, 2.05) is 6.92 Å². The fraction of sp³-hybridized carbons (Fsp3) is 0.381. The number of alkyl halides is 3. The number of hydrogen-bond donors (Lipinski definition) is 1. The first-order valence-electron chi connectivity index (χ1n) is 9.75. The van der Waals surface area contributed by atoms with Crippen molar-refractivity contribution in [2.24, 2.45) is 5.92 Å². The van der Waals surface area contributed by atoms with Crippen molar-refractivity contribution in [1.29, 1.82) is 0 Å². The second kappa shape index (κ2) is 9.62. The zero-order valence-electron chi connectivity index (χ0n) is 16.9. The summed E-state index contributed by atoms with van der Waals surface area (Å²) in [6, 6.07) is 11.9. The Balaban J connectivity index is 1.58. The fourth-order valence-corrected chi connectivity index (χ4v) is 5.08. The molecular formula is C21H23F3N2O3S2. The Morgan fingerprint density at radius 1 is 1.13 bits per heavy atom. The number of rotatable bonds is 6. The molecule has 168 valence electrons. The number of nitrogens with one attached hydrogen (secondary N) is 1. The second-order valence-corrected chi connectivity index (χ2v) is 10.4. The van der Waals surface area contributed by atoms with Gasteiger partial charge in [0.05, 0.1) is 4.90 Å². The van der Waals surface area contributed by atoms with Crippen LogP contribution in [0.2, 0.25) is 0 Å². The Bertz CT molecular complexity index is 1010. The third kappa shape index (κ3) is 6.72. The van der Waals surface area contributed by atoms with Crippen molar-refractivity contribution in [3.05, 3.63) is 59.7 Å². The summed E-state index contributed by atoms with van der Waals surface area (Å²) in [6.45, 7) is 2.99. The molecule has 2 aromatic rings. The van der Waals surface area contributed by atoms with E-state index in [0.717, 1.165) is 18.4 Å². The van der Waals surface area contributed by atoms with Crippen LogP contribution in [0.1, 0.15) is 28.8 Å². The number of carbonyl (C=O) groups is 1.